The molecule has 2 aliphatic carbocycles. The summed E-state index contributed by atoms with van der Waals surface area (Å²) in [6, 6.07) is 4.84. The quantitative estimate of drug-likeness (QED) is 0.498. The molecule has 0 unspecified atom stereocenters. The minimum Gasteiger partial charge on any atom is -0.487 e. The van der Waals surface area contributed by atoms with E-state index < -0.39 is 11.9 Å². The van der Waals surface area contributed by atoms with Crippen LogP contribution < -0.4 is 16.3 Å². The van der Waals surface area contributed by atoms with Crippen molar-refractivity contribution in [3.8, 4) is 5.75 Å². The fraction of sp³-hybridized carbons (Fsp3) is 0.609. The second-order valence-corrected chi connectivity index (χ2v) is 8.60. The molecule has 0 spiro atoms. The normalized spacial score (nSPS) is 18.5. The summed E-state index contributed by atoms with van der Waals surface area (Å²) in [6.07, 6.45) is 9.20. The molecule has 2 saturated carbocycles. The lowest BCUT2D eigenvalue weighted by atomic mass is 9.98. The van der Waals surface area contributed by atoms with Gasteiger partial charge in [-0.15, -0.1) is 0 Å². The van der Waals surface area contributed by atoms with Gasteiger partial charge in [-0.2, -0.15) is 0 Å². The number of benzene rings is 1. The number of halogens is 1. The van der Waals surface area contributed by atoms with E-state index in [2.05, 4.69) is 0 Å². The first kappa shape index (κ1) is 23.2. The molecule has 1 amide bonds. The Morgan fingerprint density at radius 3 is 2.35 bits per heavy atom. The van der Waals surface area contributed by atoms with Gasteiger partial charge in [0.15, 0.2) is 11.6 Å². The molecule has 8 heteroatoms. The van der Waals surface area contributed by atoms with Gasteiger partial charge < -0.3 is 25.1 Å². The number of hydrogen-bond donors (Lipinski definition) is 2. The number of hydrazine groups is 1. The fourth-order valence-electron chi connectivity index (χ4n) is 4.34. The Morgan fingerprint density at radius 2 is 1.74 bits per heavy atom. The molecule has 4 N–H and O–H groups in total. The number of carbonyl (C=O) groups excluding carboxylic acids is 1. The standard InChI is InChI=1S/C23H35FN4O3/c1-27(17-8-6-7-9-17)23(29)30-15-20(28(2)26)22(25)16-12-13-21(19(24)14-16)31-18-10-4-3-5-11-18/h12-14,17-18H,3-11,15,25-26H2,1-2H3/b22-20-. The van der Waals surface area contributed by atoms with E-state index in [1.165, 1.54) is 17.5 Å². The highest BCUT2D eigenvalue weighted by Gasteiger charge is 2.25. The molecular formula is C23H35FN4O3. The summed E-state index contributed by atoms with van der Waals surface area (Å²) in [5.74, 6) is 5.69. The van der Waals surface area contributed by atoms with Crippen LogP contribution in [0.15, 0.2) is 23.9 Å². The van der Waals surface area contributed by atoms with Crippen molar-refractivity contribution in [1.29, 1.82) is 0 Å². The molecule has 7 nitrogen and oxygen atoms in total. The van der Waals surface area contributed by atoms with Crippen molar-refractivity contribution < 1.29 is 18.7 Å². The van der Waals surface area contributed by atoms with E-state index in [4.69, 9.17) is 21.1 Å². The van der Waals surface area contributed by atoms with E-state index in [0.717, 1.165) is 51.4 Å². The van der Waals surface area contributed by atoms with Crippen LogP contribution in [0.25, 0.3) is 5.70 Å². The van der Waals surface area contributed by atoms with Crippen molar-refractivity contribution >= 4 is 11.8 Å². The number of ether oxygens (including phenoxy) is 2. The first-order chi connectivity index (χ1) is 14.9. The third-order valence-corrected chi connectivity index (χ3v) is 6.32. The lowest BCUT2D eigenvalue weighted by Gasteiger charge is -2.25. The van der Waals surface area contributed by atoms with Crippen LogP contribution in [0, 0.1) is 5.82 Å². The van der Waals surface area contributed by atoms with Crippen molar-refractivity contribution in [2.45, 2.75) is 69.9 Å². The van der Waals surface area contributed by atoms with Gasteiger partial charge in [0.25, 0.3) is 0 Å². The van der Waals surface area contributed by atoms with Gasteiger partial charge in [-0.05, 0) is 56.7 Å². The molecule has 0 heterocycles. The first-order valence-corrected chi connectivity index (χ1v) is 11.2. The zero-order valence-electron chi connectivity index (χ0n) is 18.6. The maximum absolute atomic E-state index is 14.7. The summed E-state index contributed by atoms with van der Waals surface area (Å²) in [6.45, 7) is -0.101. The number of nitrogens with two attached hydrogens (primary N) is 2. The Balaban J connectivity index is 1.68. The molecule has 0 saturated heterocycles. The Kier molecular flexibility index (Phi) is 8.01. The lowest BCUT2D eigenvalue weighted by Crippen LogP contribution is -2.37. The zero-order valence-corrected chi connectivity index (χ0v) is 18.6. The average molecular weight is 435 g/mol. The molecule has 2 aliphatic rings. The third-order valence-electron chi connectivity index (χ3n) is 6.32. The van der Waals surface area contributed by atoms with Gasteiger partial charge in [-0.3, -0.25) is 0 Å². The number of nitrogens with zero attached hydrogens (tertiary/aromatic N) is 2. The van der Waals surface area contributed by atoms with Gasteiger partial charge in [0.05, 0.1) is 17.5 Å². The Bertz CT molecular complexity index is 787. The Labute approximate surface area is 184 Å². The highest BCUT2D eigenvalue weighted by Crippen LogP contribution is 2.28. The summed E-state index contributed by atoms with van der Waals surface area (Å²) in [7, 11) is 3.35. The molecule has 0 aliphatic heterocycles. The zero-order chi connectivity index (χ0) is 22.4. The van der Waals surface area contributed by atoms with Crippen LogP contribution in [0.1, 0.15) is 63.4 Å². The molecule has 0 bridgehead atoms. The molecule has 172 valence electrons. The summed E-state index contributed by atoms with van der Waals surface area (Å²) >= 11 is 0. The molecule has 0 atom stereocenters. The van der Waals surface area contributed by atoms with Crippen molar-refractivity contribution in [3.05, 3.63) is 35.3 Å². The van der Waals surface area contributed by atoms with Gasteiger partial charge in [0.1, 0.15) is 6.61 Å². The molecule has 1 aromatic rings. The van der Waals surface area contributed by atoms with Crippen molar-refractivity contribution in [1.82, 2.24) is 9.91 Å². The van der Waals surface area contributed by atoms with Gasteiger partial charge in [-0.25, -0.2) is 15.0 Å². The summed E-state index contributed by atoms with van der Waals surface area (Å²) in [4.78, 5) is 14.0. The highest BCUT2D eigenvalue weighted by atomic mass is 19.1. The van der Waals surface area contributed by atoms with E-state index in [0.29, 0.717) is 11.3 Å². The molecule has 1 aromatic carbocycles. The second kappa shape index (κ2) is 10.7. The van der Waals surface area contributed by atoms with Crippen molar-refractivity contribution in [2.75, 3.05) is 20.7 Å². The number of rotatable bonds is 7. The van der Waals surface area contributed by atoms with Gasteiger partial charge in [-0.1, -0.05) is 19.3 Å². The third kappa shape index (κ3) is 6.03. The smallest absolute Gasteiger partial charge is 0.410 e. The number of amides is 1. The van der Waals surface area contributed by atoms with Gasteiger partial charge >= 0.3 is 6.09 Å². The van der Waals surface area contributed by atoms with E-state index in [1.807, 2.05) is 0 Å². The average Bonchev–Trinajstić information content (AvgIpc) is 3.30. The summed E-state index contributed by atoms with van der Waals surface area (Å²) < 4.78 is 26.0. The van der Waals surface area contributed by atoms with Crippen LogP contribution >= 0.6 is 0 Å². The first-order valence-electron chi connectivity index (χ1n) is 11.2. The molecule has 0 aromatic heterocycles. The molecule has 2 fully saturated rings. The van der Waals surface area contributed by atoms with E-state index in [1.54, 1.807) is 31.1 Å². The molecule has 0 radical (unpaired) electrons. The van der Waals surface area contributed by atoms with Crippen molar-refractivity contribution in [3.63, 3.8) is 0 Å². The van der Waals surface area contributed by atoms with Gasteiger partial charge in [0.2, 0.25) is 0 Å². The number of hydrogen-bond acceptors (Lipinski definition) is 6. The van der Waals surface area contributed by atoms with E-state index in [9.17, 15) is 9.18 Å². The Hall–Kier alpha value is -2.48. The SMILES string of the molecule is CN(N)/C(COC(=O)N(C)C1CCCC1)=C(\N)c1ccc(OC2CCCCC2)c(F)c1. The van der Waals surface area contributed by atoms with Gasteiger partial charge in [0, 0.05) is 25.7 Å². The lowest BCUT2D eigenvalue weighted by molar-refractivity contribution is 0.0999. The monoisotopic (exact) mass is 434 g/mol. The number of carbonyl (C=O) groups is 1. The predicted octanol–water partition coefficient (Wildman–Crippen LogP) is 3.98. The minimum atomic E-state index is -0.469. The van der Waals surface area contributed by atoms with Crippen LogP contribution in [0.4, 0.5) is 9.18 Å². The topological polar surface area (TPSA) is 94.0 Å². The molecule has 3 rings (SSSR count). The molecule has 31 heavy (non-hydrogen) atoms. The highest BCUT2D eigenvalue weighted by molar-refractivity contribution is 5.70. The summed E-state index contributed by atoms with van der Waals surface area (Å²) in [5.41, 5.74) is 7.38. The van der Waals surface area contributed by atoms with E-state index in [-0.39, 0.29) is 30.2 Å². The number of likely N-dealkylation sites (N-methyl/N-ethyl adjacent to an activating group) is 1. The van der Waals surface area contributed by atoms with E-state index >= 15 is 0 Å². The summed E-state index contributed by atoms with van der Waals surface area (Å²) in [5, 5.41) is 1.29. The minimum absolute atomic E-state index is 0.0593. The fourth-order valence-corrected chi connectivity index (χ4v) is 4.34. The Morgan fingerprint density at radius 1 is 1.10 bits per heavy atom. The van der Waals surface area contributed by atoms with Crippen LogP contribution in [0.2, 0.25) is 0 Å². The van der Waals surface area contributed by atoms with Crippen LogP contribution in [0.5, 0.6) is 5.75 Å². The largest absolute Gasteiger partial charge is 0.487 e. The second-order valence-electron chi connectivity index (χ2n) is 8.60. The maximum atomic E-state index is 14.7. The van der Waals surface area contributed by atoms with Crippen LogP contribution in [0.3, 0.4) is 0 Å². The van der Waals surface area contributed by atoms with Crippen LogP contribution in [-0.2, 0) is 4.74 Å². The molecular weight excluding hydrogens is 399 g/mol. The van der Waals surface area contributed by atoms with Crippen molar-refractivity contribution in [2.24, 2.45) is 11.6 Å². The van der Waals surface area contributed by atoms with Crippen LogP contribution in [-0.4, -0.2) is 48.9 Å². The predicted molar refractivity (Wildman–Crippen MR) is 118 cm³/mol. The maximum Gasteiger partial charge on any atom is 0.410 e.